The van der Waals surface area contributed by atoms with Crippen molar-refractivity contribution in [1.82, 2.24) is 5.32 Å². The molecule has 0 radical (unpaired) electrons. The maximum atomic E-state index is 13.1. The molecule has 0 bridgehead atoms. The highest BCUT2D eigenvalue weighted by Crippen LogP contribution is 2.57. The Kier molecular flexibility index (Phi) is 6.76. The third kappa shape index (κ3) is 3.98. The minimum atomic E-state index is -0.395. The van der Waals surface area contributed by atoms with Gasteiger partial charge < -0.3 is 10.1 Å². The van der Waals surface area contributed by atoms with Gasteiger partial charge in [-0.15, -0.1) is 11.6 Å². The molecule has 2 aliphatic rings. The number of aryl methyl sites for hydroxylation is 1. The van der Waals surface area contributed by atoms with Crippen LogP contribution in [0, 0.1) is 11.3 Å². The van der Waals surface area contributed by atoms with Gasteiger partial charge in [-0.2, -0.15) is 0 Å². The largest absolute Gasteiger partial charge is 0.464 e. The summed E-state index contributed by atoms with van der Waals surface area (Å²) in [6.45, 7) is 10.9. The first kappa shape index (κ1) is 21.6. The summed E-state index contributed by atoms with van der Waals surface area (Å²) in [6.07, 6.45) is 5.30. The number of hydrogen-bond acceptors (Lipinski definition) is 3. The first-order chi connectivity index (χ1) is 13.3. The molecule has 1 fully saturated rings. The molecule has 4 heteroatoms. The second kappa shape index (κ2) is 8.75. The SMILES string of the molecule is CC(C)c1ccc2c(c1)CC[C@H]1[C@](C)(C(=O)OCCNCCCl)CCC[C@]21C. The number of ether oxygens (including phenoxy) is 1. The van der Waals surface area contributed by atoms with Crippen LogP contribution in [-0.2, 0) is 21.4 Å². The highest BCUT2D eigenvalue weighted by atomic mass is 35.5. The summed E-state index contributed by atoms with van der Waals surface area (Å²) in [6, 6.07) is 7.06. The fourth-order valence-electron chi connectivity index (χ4n) is 5.69. The Hall–Kier alpha value is -1.06. The molecule has 0 heterocycles. The second-order valence-electron chi connectivity index (χ2n) is 9.43. The highest BCUT2D eigenvalue weighted by Gasteiger charge is 2.55. The van der Waals surface area contributed by atoms with Gasteiger partial charge in [-0.1, -0.05) is 45.4 Å². The maximum Gasteiger partial charge on any atom is 0.312 e. The van der Waals surface area contributed by atoms with E-state index in [2.05, 4.69) is 51.2 Å². The molecule has 0 aromatic heterocycles. The Morgan fingerprint density at radius 1 is 1.29 bits per heavy atom. The molecule has 156 valence electrons. The molecule has 3 rings (SSSR count). The van der Waals surface area contributed by atoms with Gasteiger partial charge in [0.05, 0.1) is 5.41 Å². The van der Waals surface area contributed by atoms with E-state index >= 15 is 0 Å². The van der Waals surface area contributed by atoms with Crippen LogP contribution in [0.25, 0.3) is 0 Å². The molecule has 28 heavy (non-hydrogen) atoms. The van der Waals surface area contributed by atoms with E-state index in [1.54, 1.807) is 0 Å². The molecule has 1 aromatic carbocycles. The van der Waals surface area contributed by atoms with Crippen molar-refractivity contribution in [3.05, 3.63) is 34.9 Å². The Bertz CT molecular complexity index is 704. The summed E-state index contributed by atoms with van der Waals surface area (Å²) in [5.74, 6) is 1.45. The molecule has 3 nitrogen and oxygen atoms in total. The van der Waals surface area contributed by atoms with Crippen LogP contribution in [0.3, 0.4) is 0 Å². The second-order valence-corrected chi connectivity index (χ2v) is 9.80. The molecular weight excluding hydrogens is 370 g/mol. The Labute approximate surface area is 175 Å². The van der Waals surface area contributed by atoms with Crippen molar-refractivity contribution in [2.45, 2.75) is 71.1 Å². The van der Waals surface area contributed by atoms with Crippen molar-refractivity contribution in [3.63, 3.8) is 0 Å². The lowest BCUT2D eigenvalue weighted by atomic mass is 9.49. The number of fused-ring (bicyclic) bond motifs is 3. The summed E-state index contributed by atoms with van der Waals surface area (Å²) in [5.41, 5.74) is 4.05. The van der Waals surface area contributed by atoms with Crippen LogP contribution >= 0.6 is 11.6 Å². The zero-order chi connectivity index (χ0) is 20.4. The van der Waals surface area contributed by atoms with Crippen molar-refractivity contribution >= 4 is 17.6 Å². The molecule has 1 N–H and O–H groups in total. The average Bonchev–Trinajstić information content (AvgIpc) is 2.67. The molecule has 0 saturated heterocycles. The molecule has 1 saturated carbocycles. The van der Waals surface area contributed by atoms with E-state index in [9.17, 15) is 4.79 Å². The standard InChI is InChI=1S/C24H36ClNO2/c1-17(2)18-6-8-20-19(16-18)7-9-21-23(20,3)10-5-11-24(21,4)22(27)28-15-14-26-13-12-25/h6,8,16-17,21,26H,5,7,9-15H2,1-4H3/t21-,23-,24-/m1/s1. The maximum absolute atomic E-state index is 13.1. The van der Waals surface area contributed by atoms with Gasteiger partial charge in [0, 0.05) is 19.0 Å². The number of carbonyl (C=O) groups excluding carboxylic acids is 1. The van der Waals surface area contributed by atoms with Crippen LogP contribution < -0.4 is 5.32 Å². The van der Waals surface area contributed by atoms with E-state index in [1.165, 1.54) is 16.7 Å². The molecule has 3 atom stereocenters. The van der Waals surface area contributed by atoms with Crippen LogP contribution in [0.4, 0.5) is 0 Å². The van der Waals surface area contributed by atoms with Crippen LogP contribution in [0.5, 0.6) is 0 Å². The summed E-state index contributed by atoms with van der Waals surface area (Å²) >= 11 is 5.68. The van der Waals surface area contributed by atoms with Gasteiger partial charge in [0.1, 0.15) is 6.61 Å². The van der Waals surface area contributed by atoms with E-state index in [0.29, 0.717) is 30.9 Å². The quantitative estimate of drug-likeness (QED) is 0.385. The molecule has 0 amide bonds. The molecule has 2 aliphatic carbocycles. The van der Waals surface area contributed by atoms with Gasteiger partial charge >= 0.3 is 5.97 Å². The molecule has 0 unspecified atom stereocenters. The first-order valence-corrected chi connectivity index (χ1v) is 11.4. The predicted octanol–water partition coefficient (Wildman–Crippen LogP) is 5.19. The lowest BCUT2D eigenvalue weighted by molar-refractivity contribution is -0.164. The predicted molar refractivity (Wildman–Crippen MR) is 116 cm³/mol. The lowest BCUT2D eigenvalue weighted by Crippen LogP contribution is -2.53. The normalized spacial score (nSPS) is 29.3. The zero-order valence-corrected chi connectivity index (χ0v) is 18.7. The van der Waals surface area contributed by atoms with Crippen LogP contribution in [0.2, 0.25) is 0 Å². The van der Waals surface area contributed by atoms with E-state index in [0.717, 1.165) is 38.6 Å². The van der Waals surface area contributed by atoms with Crippen molar-refractivity contribution in [2.75, 3.05) is 25.6 Å². The molecule has 0 spiro atoms. The van der Waals surface area contributed by atoms with E-state index in [-0.39, 0.29) is 11.4 Å². The van der Waals surface area contributed by atoms with Crippen LogP contribution in [0.1, 0.15) is 76.0 Å². The molecular formula is C24H36ClNO2. The van der Waals surface area contributed by atoms with E-state index in [1.807, 2.05) is 0 Å². The zero-order valence-electron chi connectivity index (χ0n) is 17.9. The van der Waals surface area contributed by atoms with Gasteiger partial charge in [-0.25, -0.2) is 0 Å². The summed E-state index contributed by atoms with van der Waals surface area (Å²) in [4.78, 5) is 13.1. The van der Waals surface area contributed by atoms with Gasteiger partial charge in [0.2, 0.25) is 0 Å². The van der Waals surface area contributed by atoms with Crippen molar-refractivity contribution < 1.29 is 9.53 Å². The number of esters is 1. The fourth-order valence-corrected chi connectivity index (χ4v) is 5.82. The third-order valence-electron chi connectivity index (χ3n) is 7.29. The van der Waals surface area contributed by atoms with E-state index in [4.69, 9.17) is 16.3 Å². The van der Waals surface area contributed by atoms with Crippen molar-refractivity contribution in [2.24, 2.45) is 11.3 Å². The Morgan fingerprint density at radius 3 is 2.79 bits per heavy atom. The monoisotopic (exact) mass is 405 g/mol. The Balaban J connectivity index is 1.79. The van der Waals surface area contributed by atoms with E-state index < -0.39 is 5.41 Å². The fraction of sp³-hybridized carbons (Fsp3) is 0.708. The Morgan fingerprint density at radius 2 is 2.07 bits per heavy atom. The van der Waals surface area contributed by atoms with Gasteiger partial charge in [-0.3, -0.25) is 4.79 Å². The highest BCUT2D eigenvalue weighted by molar-refractivity contribution is 6.18. The average molecular weight is 406 g/mol. The minimum Gasteiger partial charge on any atom is -0.464 e. The topological polar surface area (TPSA) is 38.3 Å². The number of rotatable bonds is 7. The smallest absolute Gasteiger partial charge is 0.312 e. The summed E-state index contributed by atoms with van der Waals surface area (Å²) < 4.78 is 5.72. The minimum absolute atomic E-state index is 0.0154. The van der Waals surface area contributed by atoms with Crippen LogP contribution in [-0.4, -0.2) is 31.5 Å². The number of halogens is 1. The van der Waals surface area contributed by atoms with Crippen molar-refractivity contribution in [3.8, 4) is 0 Å². The van der Waals surface area contributed by atoms with Gasteiger partial charge in [0.25, 0.3) is 0 Å². The lowest BCUT2D eigenvalue weighted by Gasteiger charge is -2.54. The number of benzene rings is 1. The summed E-state index contributed by atoms with van der Waals surface area (Å²) in [5, 5.41) is 3.19. The number of nitrogens with one attached hydrogen (secondary N) is 1. The first-order valence-electron chi connectivity index (χ1n) is 10.9. The van der Waals surface area contributed by atoms with Gasteiger partial charge in [0.15, 0.2) is 0 Å². The third-order valence-corrected chi connectivity index (χ3v) is 7.48. The molecule has 0 aliphatic heterocycles. The molecule has 1 aromatic rings. The summed E-state index contributed by atoms with van der Waals surface area (Å²) in [7, 11) is 0. The number of carbonyl (C=O) groups is 1. The number of hydrogen-bond donors (Lipinski definition) is 1. The van der Waals surface area contributed by atoms with Crippen LogP contribution in [0.15, 0.2) is 18.2 Å². The number of alkyl halides is 1. The van der Waals surface area contributed by atoms with Gasteiger partial charge in [-0.05, 0) is 66.5 Å². The van der Waals surface area contributed by atoms with Crippen molar-refractivity contribution in [1.29, 1.82) is 0 Å².